The van der Waals surface area contributed by atoms with E-state index in [0.29, 0.717) is 29.6 Å². The van der Waals surface area contributed by atoms with Crippen molar-refractivity contribution in [3.63, 3.8) is 0 Å². The maximum Gasteiger partial charge on any atom is 0.229 e. The SMILES string of the molecule is COc1ccc(NC(C)=O)c(NC(=O)C2CCCN(c3ncccn3)C2)c1. The Balaban J connectivity index is 1.73. The Morgan fingerprint density at radius 3 is 2.67 bits per heavy atom. The molecule has 0 saturated carbocycles. The standard InChI is InChI=1S/C19H23N5O3/c1-13(25)22-16-7-6-15(27-2)11-17(16)23-18(26)14-5-3-10-24(12-14)19-20-8-4-9-21-19/h4,6-9,11,14H,3,5,10,12H2,1-2H3,(H,22,25)(H,23,26). The van der Waals surface area contributed by atoms with E-state index >= 15 is 0 Å². The van der Waals surface area contributed by atoms with Gasteiger partial charge in [0, 0.05) is 38.5 Å². The van der Waals surface area contributed by atoms with Crippen LogP contribution < -0.4 is 20.3 Å². The van der Waals surface area contributed by atoms with E-state index in [1.807, 2.05) is 4.90 Å². The average molecular weight is 369 g/mol. The van der Waals surface area contributed by atoms with E-state index in [0.717, 1.165) is 19.4 Å². The van der Waals surface area contributed by atoms with Gasteiger partial charge in [-0.25, -0.2) is 9.97 Å². The molecule has 2 N–H and O–H groups in total. The molecule has 0 aliphatic carbocycles. The molecule has 1 aliphatic rings. The van der Waals surface area contributed by atoms with Crippen LogP contribution in [0.4, 0.5) is 17.3 Å². The van der Waals surface area contributed by atoms with Gasteiger partial charge in [0.1, 0.15) is 5.75 Å². The minimum absolute atomic E-state index is 0.101. The van der Waals surface area contributed by atoms with Gasteiger partial charge in [-0.2, -0.15) is 0 Å². The van der Waals surface area contributed by atoms with E-state index in [1.165, 1.54) is 6.92 Å². The molecule has 0 bridgehead atoms. The fourth-order valence-electron chi connectivity index (χ4n) is 3.11. The van der Waals surface area contributed by atoms with Gasteiger partial charge in [0.15, 0.2) is 0 Å². The van der Waals surface area contributed by atoms with Crippen molar-refractivity contribution in [3.05, 3.63) is 36.7 Å². The molecule has 1 atom stereocenters. The number of carbonyl (C=O) groups is 2. The number of carbonyl (C=O) groups excluding carboxylic acids is 2. The Bertz CT molecular complexity index is 812. The van der Waals surface area contributed by atoms with Crippen LogP contribution in [0.3, 0.4) is 0 Å². The fourth-order valence-corrected chi connectivity index (χ4v) is 3.11. The molecule has 8 nitrogen and oxygen atoms in total. The first-order chi connectivity index (χ1) is 13.1. The van der Waals surface area contributed by atoms with Crippen molar-refractivity contribution in [3.8, 4) is 5.75 Å². The number of rotatable bonds is 5. The maximum absolute atomic E-state index is 12.8. The summed E-state index contributed by atoms with van der Waals surface area (Å²) in [6, 6.07) is 6.91. The third-order valence-electron chi connectivity index (χ3n) is 4.42. The van der Waals surface area contributed by atoms with Gasteiger partial charge >= 0.3 is 0 Å². The summed E-state index contributed by atoms with van der Waals surface area (Å²) in [4.78, 5) is 34.8. The predicted molar refractivity (Wildman–Crippen MR) is 103 cm³/mol. The maximum atomic E-state index is 12.8. The third-order valence-corrected chi connectivity index (χ3v) is 4.42. The number of amides is 2. The highest BCUT2D eigenvalue weighted by atomic mass is 16.5. The number of hydrogen-bond donors (Lipinski definition) is 2. The highest BCUT2D eigenvalue weighted by Crippen LogP contribution is 2.29. The summed E-state index contributed by atoms with van der Waals surface area (Å²) in [6.07, 6.45) is 5.06. The van der Waals surface area contributed by atoms with E-state index in [1.54, 1.807) is 43.8 Å². The lowest BCUT2D eigenvalue weighted by atomic mass is 9.97. The Morgan fingerprint density at radius 2 is 1.96 bits per heavy atom. The first-order valence-electron chi connectivity index (χ1n) is 8.85. The van der Waals surface area contributed by atoms with Crippen molar-refractivity contribution in [2.75, 3.05) is 35.7 Å². The molecule has 1 aliphatic heterocycles. The summed E-state index contributed by atoms with van der Waals surface area (Å²) in [6.45, 7) is 2.80. The van der Waals surface area contributed by atoms with Crippen molar-refractivity contribution < 1.29 is 14.3 Å². The van der Waals surface area contributed by atoms with Gasteiger partial charge < -0.3 is 20.3 Å². The second-order valence-corrected chi connectivity index (χ2v) is 6.42. The molecule has 27 heavy (non-hydrogen) atoms. The normalized spacial score (nSPS) is 16.5. The number of piperidine rings is 1. The molecule has 2 aromatic rings. The Labute approximate surface area is 158 Å². The molecule has 1 fully saturated rings. The van der Waals surface area contributed by atoms with E-state index in [9.17, 15) is 9.59 Å². The summed E-state index contributed by atoms with van der Waals surface area (Å²) in [7, 11) is 1.55. The van der Waals surface area contributed by atoms with Crippen LogP contribution in [0.1, 0.15) is 19.8 Å². The van der Waals surface area contributed by atoms with Crippen molar-refractivity contribution in [2.24, 2.45) is 5.92 Å². The number of nitrogens with one attached hydrogen (secondary N) is 2. The minimum atomic E-state index is -0.208. The molecule has 142 valence electrons. The zero-order valence-corrected chi connectivity index (χ0v) is 15.4. The van der Waals surface area contributed by atoms with Gasteiger partial charge in [-0.1, -0.05) is 0 Å². The number of anilines is 3. The second-order valence-electron chi connectivity index (χ2n) is 6.42. The van der Waals surface area contributed by atoms with Crippen LogP contribution in [0.2, 0.25) is 0 Å². The van der Waals surface area contributed by atoms with Crippen LogP contribution >= 0.6 is 0 Å². The molecule has 0 spiro atoms. The first kappa shape index (κ1) is 18.6. The monoisotopic (exact) mass is 369 g/mol. The number of benzene rings is 1. The highest BCUT2D eigenvalue weighted by molar-refractivity contribution is 6.00. The zero-order valence-electron chi connectivity index (χ0n) is 15.4. The number of nitrogens with zero attached hydrogens (tertiary/aromatic N) is 3. The quantitative estimate of drug-likeness (QED) is 0.839. The van der Waals surface area contributed by atoms with E-state index in [-0.39, 0.29) is 17.7 Å². The summed E-state index contributed by atoms with van der Waals surface area (Å²) < 4.78 is 5.23. The van der Waals surface area contributed by atoms with Crippen molar-refractivity contribution in [1.82, 2.24) is 9.97 Å². The third kappa shape index (κ3) is 4.72. The van der Waals surface area contributed by atoms with Gasteiger partial charge in [0.2, 0.25) is 17.8 Å². The first-order valence-corrected chi connectivity index (χ1v) is 8.85. The zero-order chi connectivity index (χ0) is 19.2. The molecule has 1 saturated heterocycles. The number of aromatic nitrogens is 2. The van der Waals surface area contributed by atoms with Gasteiger partial charge in [-0.3, -0.25) is 9.59 Å². The molecular weight excluding hydrogens is 346 g/mol. The molecule has 2 amide bonds. The van der Waals surface area contributed by atoms with Crippen LogP contribution in [-0.2, 0) is 9.59 Å². The van der Waals surface area contributed by atoms with Crippen LogP contribution in [0, 0.1) is 5.92 Å². The summed E-state index contributed by atoms with van der Waals surface area (Å²) in [5.74, 6) is 0.729. The number of hydrogen-bond acceptors (Lipinski definition) is 6. The van der Waals surface area contributed by atoms with Gasteiger partial charge in [-0.15, -0.1) is 0 Å². The predicted octanol–water partition coefficient (Wildman–Crippen LogP) is 2.30. The summed E-state index contributed by atoms with van der Waals surface area (Å²) in [5, 5.41) is 5.66. The molecule has 1 unspecified atom stereocenters. The van der Waals surface area contributed by atoms with E-state index < -0.39 is 0 Å². The van der Waals surface area contributed by atoms with Crippen LogP contribution in [0.5, 0.6) is 5.75 Å². The topological polar surface area (TPSA) is 96.5 Å². The van der Waals surface area contributed by atoms with E-state index in [4.69, 9.17) is 4.74 Å². The summed E-state index contributed by atoms with van der Waals surface area (Å²) >= 11 is 0. The molecule has 3 rings (SSSR count). The van der Waals surface area contributed by atoms with Gasteiger partial charge in [-0.05, 0) is 31.0 Å². The molecule has 8 heteroatoms. The fraction of sp³-hybridized carbons (Fsp3) is 0.368. The Hall–Kier alpha value is -3.16. The lowest BCUT2D eigenvalue weighted by Gasteiger charge is -2.32. The Kier molecular flexibility index (Phi) is 5.85. The number of methoxy groups -OCH3 is 1. The van der Waals surface area contributed by atoms with E-state index in [2.05, 4.69) is 20.6 Å². The summed E-state index contributed by atoms with van der Waals surface area (Å²) in [5.41, 5.74) is 1.05. The minimum Gasteiger partial charge on any atom is -0.497 e. The molecule has 1 aromatic carbocycles. The molecule has 2 heterocycles. The second kappa shape index (κ2) is 8.48. The van der Waals surface area contributed by atoms with Crippen molar-refractivity contribution >= 4 is 29.1 Å². The van der Waals surface area contributed by atoms with Crippen LogP contribution in [0.25, 0.3) is 0 Å². The Morgan fingerprint density at radius 1 is 1.19 bits per heavy atom. The lowest BCUT2D eigenvalue weighted by Crippen LogP contribution is -2.41. The van der Waals surface area contributed by atoms with Gasteiger partial charge in [0.25, 0.3) is 0 Å². The van der Waals surface area contributed by atoms with Crippen LogP contribution in [-0.4, -0.2) is 42.0 Å². The number of ether oxygens (including phenoxy) is 1. The van der Waals surface area contributed by atoms with Crippen molar-refractivity contribution in [2.45, 2.75) is 19.8 Å². The highest BCUT2D eigenvalue weighted by Gasteiger charge is 2.27. The largest absolute Gasteiger partial charge is 0.497 e. The van der Waals surface area contributed by atoms with Crippen LogP contribution in [0.15, 0.2) is 36.7 Å². The molecular formula is C19H23N5O3. The molecule has 1 aromatic heterocycles. The lowest BCUT2D eigenvalue weighted by molar-refractivity contribution is -0.120. The smallest absolute Gasteiger partial charge is 0.229 e. The van der Waals surface area contributed by atoms with Gasteiger partial charge in [0.05, 0.1) is 24.4 Å². The molecule has 0 radical (unpaired) electrons. The van der Waals surface area contributed by atoms with Crippen molar-refractivity contribution in [1.29, 1.82) is 0 Å². The average Bonchev–Trinajstić information content (AvgIpc) is 2.69.